The van der Waals surface area contributed by atoms with Crippen molar-refractivity contribution >= 4 is 17.3 Å². The smallest absolute Gasteiger partial charge is 0.169 e. The van der Waals surface area contributed by atoms with Crippen molar-refractivity contribution in [2.75, 3.05) is 4.90 Å². The first-order valence-electron chi connectivity index (χ1n) is 6.93. The molecule has 1 heterocycles. The lowest BCUT2D eigenvalue weighted by molar-refractivity contribution is 0.208. The molecule has 104 valence electrons. The van der Waals surface area contributed by atoms with Crippen LogP contribution < -0.4 is 9.64 Å². The summed E-state index contributed by atoms with van der Waals surface area (Å²) >= 11 is 5.90. The molecule has 0 aliphatic carbocycles. The van der Waals surface area contributed by atoms with E-state index in [1.807, 2.05) is 24.3 Å². The Morgan fingerprint density at radius 2 is 1.85 bits per heavy atom. The van der Waals surface area contributed by atoms with E-state index in [0.29, 0.717) is 6.04 Å². The monoisotopic (exact) mass is 287 g/mol. The average molecular weight is 288 g/mol. The van der Waals surface area contributed by atoms with Gasteiger partial charge in [0, 0.05) is 16.8 Å². The molecule has 0 saturated carbocycles. The molecule has 0 aromatic heterocycles. The first-order valence-corrected chi connectivity index (χ1v) is 7.31. The van der Waals surface area contributed by atoms with Crippen LogP contribution in [0.25, 0.3) is 0 Å². The van der Waals surface area contributed by atoms with Gasteiger partial charge in [0.15, 0.2) is 6.23 Å². The molecule has 3 heteroatoms. The molecule has 2 atom stereocenters. The maximum Gasteiger partial charge on any atom is 0.169 e. The Morgan fingerprint density at radius 3 is 2.60 bits per heavy atom. The van der Waals surface area contributed by atoms with Gasteiger partial charge in [0.05, 0.1) is 0 Å². The molecular formula is C17H18ClNO. The number of halogens is 1. The average Bonchev–Trinajstić information content (AvgIpc) is 2.77. The van der Waals surface area contributed by atoms with Crippen molar-refractivity contribution in [1.82, 2.24) is 0 Å². The first-order chi connectivity index (χ1) is 9.65. The largest absolute Gasteiger partial charge is 0.471 e. The normalized spacial score (nSPS) is 18.8. The summed E-state index contributed by atoms with van der Waals surface area (Å²) in [5.41, 5.74) is 2.67. The summed E-state index contributed by atoms with van der Waals surface area (Å²) in [5, 5.41) is 0.727. The molecule has 0 N–H and O–H groups in total. The number of fused-ring (bicyclic) bond motifs is 1. The second kappa shape index (κ2) is 5.37. The van der Waals surface area contributed by atoms with Gasteiger partial charge in [-0.05, 0) is 56.2 Å². The maximum absolute atomic E-state index is 6.05. The second-order valence-electron chi connectivity index (χ2n) is 5.26. The molecule has 0 amide bonds. The van der Waals surface area contributed by atoms with Gasteiger partial charge in [0.1, 0.15) is 5.75 Å². The highest BCUT2D eigenvalue weighted by Crippen LogP contribution is 2.34. The minimum Gasteiger partial charge on any atom is -0.471 e. The third-order valence-corrected chi connectivity index (χ3v) is 4.02. The fourth-order valence-corrected chi connectivity index (χ4v) is 3.04. The first kappa shape index (κ1) is 13.3. The predicted octanol–water partition coefficient (Wildman–Crippen LogP) is 4.52. The highest BCUT2D eigenvalue weighted by Gasteiger charge is 2.30. The lowest BCUT2D eigenvalue weighted by Crippen LogP contribution is -2.41. The Bertz CT molecular complexity index is 596. The molecule has 3 rings (SSSR count). The van der Waals surface area contributed by atoms with Crippen LogP contribution in [0.4, 0.5) is 5.69 Å². The van der Waals surface area contributed by atoms with Crippen LogP contribution in [0.15, 0.2) is 48.5 Å². The maximum atomic E-state index is 6.05. The van der Waals surface area contributed by atoms with Crippen LogP contribution in [0.3, 0.4) is 0 Å². The van der Waals surface area contributed by atoms with Crippen molar-refractivity contribution in [3.63, 3.8) is 0 Å². The number of ether oxygens (including phenoxy) is 1. The summed E-state index contributed by atoms with van der Waals surface area (Å²) in [4.78, 5) is 2.34. The lowest BCUT2D eigenvalue weighted by Gasteiger charge is -2.31. The van der Waals surface area contributed by atoms with Gasteiger partial charge in [-0.15, -0.1) is 0 Å². The third-order valence-electron chi connectivity index (χ3n) is 3.77. The molecule has 0 spiro atoms. The van der Waals surface area contributed by atoms with Gasteiger partial charge in [-0.2, -0.15) is 0 Å². The number of hydrogen-bond donors (Lipinski definition) is 0. The van der Waals surface area contributed by atoms with Crippen LogP contribution in [-0.4, -0.2) is 12.3 Å². The zero-order chi connectivity index (χ0) is 14.1. The molecule has 20 heavy (non-hydrogen) atoms. The van der Waals surface area contributed by atoms with E-state index < -0.39 is 0 Å². The van der Waals surface area contributed by atoms with Crippen LogP contribution in [0, 0.1) is 0 Å². The predicted molar refractivity (Wildman–Crippen MR) is 83.6 cm³/mol. The molecule has 0 bridgehead atoms. The van der Waals surface area contributed by atoms with E-state index in [1.165, 1.54) is 11.3 Å². The Labute approximate surface area is 124 Å². The molecule has 1 aliphatic heterocycles. The Balaban J connectivity index is 1.80. The van der Waals surface area contributed by atoms with Gasteiger partial charge >= 0.3 is 0 Å². The zero-order valence-corrected chi connectivity index (χ0v) is 12.5. The standard InChI is InChI=1S/C17H18ClNO/c1-12-11-14-5-3-4-6-17(14)19(12)13(2)20-16-9-7-15(18)8-10-16/h3-10,12-13H,11H2,1-2H3. The van der Waals surface area contributed by atoms with Gasteiger partial charge < -0.3 is 9.64 Å². The molecular weight excluding hydrogens is 270 g/mol. The Kier molecular flexibility index (Phi) is 3.58. The number of anilines is 1. The van der Waals surface area contributed by atoms with Crippen LogP contribution >= 0.6 is 11.6 Å². The van der Waals surface area contributed by atoms with Gasteiger partial charge in [-0.25, -0.2) is 0 Å². The van der Waals surface area contributed by atoms with Crippen molar-refractivity contribution in [3.05, 3.63) is 59.1 Å². The highest BCUT2D eigenvalue weighted by atomic mass is 35.5. The van der Waals surface area contributed by atoms with Gasteiger partial charge in [-0.3, -0.25) is 0 Å². The molecule has 0 radical (unpaired) electrons. The van der Waals surface area contributed by atoms with E-state index in [2.05, 4.69) is 43.0 Å². The van der Waals surface area contributed by atoms with Crippen molar-refractivity contribution in [2.45, 2.75) is 32.5 Å². The summed E-state index contributed by atoms with van der Waals surface area (Å²) in [6.45, 7) is 4.33. The van der Waals surface area contributed by atoms with E-state index in [9.17, 15) is 0 Å². The number of nitrogens with zero attached hydrogens (tertiary/aromatic N) is 1. The molecule has 2 nitrogen and oxygen atoms in total. The van der Waals surface area contributed by atoms with Crippen LogP contribution in [0.5, 0.6) is 5.75 Å². The quantitative estimate of drug-likeness (QED) is 0.823. The van der Waals surface area contributed by atoms with Crippen molar-refractivity contribution < 1.29 is 4.74 Å². The minimum absolute atomic E-state index is 0.00479. The fourth-order valence-electron chi connectivity index (χ4n) is 2.91. The summed E-state index contributed by atoms with van der Waals surface area (Å²) in [7, 11) is 0. The van der Waals surface area contributed by atoms with Gasteiger partial charge in [-0.1, -0.05) is 29.8 Å². The summed E-state index contributed by atoms with van der Waals surface area (Å²) in [5.74, 6) is 0.846. The van der Waals surface area contributed by atoms with E-state index in [1.54, 1.807) is 0 Å². The molecule has 0 fully saturated rings. The highest BCUT2D eigenvalue weighted by molar-refractivity contribution is 6.30. The Morgan fingerprint density at radius 1 is 1.15 bits per heavy atom. The fraction of sp³-hybridized carbons (Fsp3) is 0.294. The zero-order valence-electron chi connectivity index (χ0n) is 11.7. The van der Waals surface area contributed by atoms with E-state index in [4.69, 9.17) is 16.3 Å². The number of rotatable bonds is 3. The van der Waals surface area contributed by atoms with Crippen LogP contribution in [-0.2, 0) is 6.42 Å². The van der Waals surface area contributed by atoms with Gasteiger partial charge in [0.25, 0.3) is 0 Å². The van der Waals surface area contributed by atoms with Crippen molar-refractivity contribution in [1.29, 1.82) is 0 Å². The summed E-state index contributed by atoms with van der Waals surface area (Å²) in [6, 6.07) is 16.5. The van der Waals surface area contributed by atoms with Crippen molar-refractivity contribution in [2.24, 2.45) is 0 Å². The van der Waals surface area contributed by atoms with Gasteiger partial charge in [0.2, 0.25) is 0 Å². The second-order valence-corrected chi connectivity index (χ2v) is 5.70. The molecule has 0 saturated heterocycles. The number of benzene rings is 2. The van der Waals surface area contributed by atoms with E-state index >= 15 is 0 Å². The minimum atomic E-state index is -0.00479. The molecule has 1 aliphatic rings. The third kappa shape index (κ3) is 2.48. The van der Waals surface area contributed by atoms with Crippen LogP contribution in [0.2, 0.25) is 5.02 Å². The lowest BCUT2D eigenvalue weighted by atomic mass is 10.1. The number of para-hydroxylation sites is 1. The SMILES string of the molecule is CC1Cc2ccccc2N1C(C)Oc1ccc(Cl)cc1. The number of hydrogen-bond acceptors (Lipinski definition) is 2. The summed E-state index contributed by atoms with van der Waals surface area (Å²) in [6.07, 6.45) is 1.07. The van der Waals surface area contributed by atoms with E-state index in [0.717, 1.165) is 17.2 Å². The molecule has 2 unspecified atom stereocenters. The van der Waals surface area contributed by atoms with Crippen molar-refractivity contribution in [3.8, 4) is 5.75 Å². The van der Waals surface area contributed by atoms with E-state index in [-0.39, 0.29) is 6.23 Å². The molecule has 2 aromatic rings. The van der Waals surface area contributed by atoms with Crippen LogP contribution in [0.1, 0.15) is 19.4 Å². The Hall–Kier alpha value is -1.67. The molecule has 2 aromatic carbocycles. The topological polar surface area (TPSA) is 12.5 Å². The summed E-state index contributed by atoms with van der Waals surface area (Å²) < 4.78 is 6.05.